The van der Waals surface area contributed by atoms with Crippen LogP contribution in [0.15, 0.2) is 16.8 Å². The van der Waals surface area contributed by atoms with Crippen molar-refractivity contribution in [2.75, 3.05) is 27.2 Å². The van der Waals surface area contributed by atoms with E-state index in [0.29, 0.717) is 6.04 Å². The van der Waals surface area contributed by atoms with Crippen molar-refractivity contribution >= 4 is 11.3 Å². The predicted octanol–water partition coefficient (Wildman–Crippen LogP) is 1.60. The Morgan fingerprint density at radius 1 is 1.65 bits per heavy atom. The summed E-state index contributed by atoms with van der Waals surface area (Å²) < 4.78 is 0. The second-order valence-corrected chi connectivity index (χ2v) is 6.16. The van der Waals surface area contributed by atoms with Crippen LogP contribution in [0.25, 0.3) is 0 Å². The highest BCUT2D eigenvalue weighted by Gasteiger charge is 2.42. The van der Waals surface area contributed by atoms with E-state index in [1.807, 2.05) is 0 Å². The highest BCUT2D eigenvalue weighted by atomic mass is 32.1. The fourth-order valence-electron chi connectivity index (χ4n) is 2.79. The van der Waals surface area contributed by atoms with Gasteiger partial charge in [0.15, 0.2) is 0 Å². The molecular formula is C13H23N3S. The van der Waals surface area contributed by atoms with Crippen molar-refractivity contribution in [2.45, 2.75) is 31.5 Å². The van der Waals surface area contributed by atoms with E-state index >= 15 is 0 Å². The molecule has 2 unspecified atom stereocenters. The lowest BCUT2D eigenvalue weighted by molar-refractivity contribution is 0.126. The van der Waals surface area contributed by atoms with E-state index in [9.17, 15) is 0 Å². The fraction of sp³-hybridized carbons (Fsp3) is 0.692. The summed E-state index contributed by atoms with van der Waals surface area (Å²) in [4.78, 5) is 4.85. The van der Waals surface area contributed by atoms with Crippen molar-refractivity contribution < 1.29 is 0 Å². The standard InChI is InChI=1S/C13H23N3S/c1-11-6-13(9-14,10-15(11)2)16(3)7-12-4-5-17-8-12/h4-5,8,11H,6-7,9-10,14H2,1-3H3. The van der Waals surface area contributed by atoms with Crippen LogP contribution in [0.3, 0.4) is 0 Å². The summed E-state index contributed by atoms with van der Waals surface area (Å²) in [5, 5.41) is 4.37. The molecule has 1 aromatic heterocycles. The molecule has 17 heavy (non-hydrogen) atoms. The van der Waals surface area contributed by atoms with Crippen LogP contribution in [0.1, 0.15) is 18.9 Å². The quantitative estimate of drug-likeness (QED) is 0.885. The van der Waals surface area contributed by atoms with Gasteiger partial charge in [0.05, 0.1) is 0 Å². The van der Waals surface area contributed by atoms with Crippen LogP contribution in [-0.2, 0) is 6.54 Å². The Morgan fingerprint density at radius 3 is 2.88 bits per heavy atom. The third-order valence-electron chi connectivity index (χ3n) is 4.16. The molecule has 0 aromatic carbocycles. The first-order valence-corrected chi connectivity index (χ1v) is 7.14. The summed E-state index contributed by atoms with van der Waals surface area (Å²) in [6.45, 7) is 5.10. The molecule has 1 fully saturated rings. The Morgan fingerprint density at radius 2 is 2.41 bits per heavy atom. The van der Waals surface area contributed by atoms with Crippen LogP contribution in [0.4, 0.5) is 0 Å². The Labute approximate surface area is 108 Å². The molecule has 0 spiro atoms. The van der Waals surface area contributed by atoms with Gasteiger partial charge in [-0.1, -0.05) is 0 Å². The Kier molecular flexibility index (Phi) is 3.88. The molecule has 0 amide bonds. The van der Waals surface area contributed by atoms with Crippen molar-refractivity contribution in [1.82, 2.24) is 9.80 Å². The van der Waals surface area contributed by atoms with E-state index in [1.54, 1.807) is 11.3 Å². The molecule has 1 aliphatic heterocycles. The lowest BCUT2D eigenvalue weighted by Gasteiger charge is -2.37. The van der Waals surface area contributed by atoms with E-state index in [1.165, 1.54) is 12.0 Å². The third-order valence-corrected chi connectivity index (χ3v) is 4.89. The first-order valence-electron chi connectivity index (χ1n) is 6.20. The summed E-state index contributed by atoms with van der Waals surface area (Å²) in [6, 6.07) is 2.83. The van der Waals surface area contributed by atoms with Gasteiger partial charge in [-0.15, -0.1) is 0 Å². The summed E-state index contributed by atoms with van der Waals surface area (Å²) in [7, 11) is 4.40. The second kappa shape index (κ2) is 5.06. The van der Waals surface area contributed by atoms with E-state index in [4.69, 9.17) is 5.73 Å². The maximum absolute atomic E-state index is 6.06. The Hall–Kier alpha value is -0.420. The first-order chi connectivity index (χ1) is 8.07. The average Bonchev–Trinajstić information content (AvgIpc) is 2.89. The normalized spacial score (nSPS) is 30.3. The number of hydrogen-bond acceptors (Lipinski definition) is 4. The van der Waals surface area contributed by atoms with Crippen LogP contribution in [-0.4, -0.2) is 48.6 Å². The van der Waals surface area contributed by atoms with E-state index in [0.717, 1.165) is 19.6 Å². The molecule has 0 radical (unpaired) electrons. The maximum Gasteiger partial charge on any atom is 0.0473 e. The van der Waals surface area contributed by atoms with Crippen molar-refractivity contribution in [2.24, 2.45) is 5.73 Å². The summed E-state index contributed by atoms with van der Waals surface area (Å²) in [5.74, 6) is 0. The van der Waals surface area contributed by atoms with Gasteiger partial charge in [0.1, 0.15) is 0 Å². The smallest absolute Gasteiger partial charge is 0.0473 e. The molecular weight excluding hydrogens is 230 g/mol. The van der Waals surface area contributed by atoms with Crippen molar-refractivity contribution in [1.29, 1.82) is 0 Å². The molecule has 2 atom stereocenters. The summed E-state index contributed by atoms with van der Waals surface area (Å²) >= 11 is 1.76. The molecule has 2 N–H and O–H groups in total. The van der Waals surface area contributed by atoms with E-state index < -0.39 is 0 Å². The Balaban J connectivity index is 2.08. The van der Waals surface area contributed by atoms with Crippen LogP contribution < -0.4 is 5.73 Å². The molecule has 1 saturated heterocycles. The zero-order valence-electron chi connectivity index (χ0n) is 11.0. The highest BCUT2D eigenvalue weighted by molar-refractivity contribution is 7.07. The largest absolute Gasteiger partial charge is 0.329 e. The van der Waals surface area contributed by atoms with Crippen LogP contribution in [0, 0.1) is 0 Å². The fourth-order valence-corrected chi connectivity index (χ4v) is 3.45. The minimum Gasteiger partial charge on any atom is -0.329 e. The summed E-state index contributed by atoms with van der Waals surface area (Å²) in [5.41, 5.74) is 7.60. The van der Waals surface area contributed by atoms with Gasteiger partial charge in [-0.05, 0) is 49.8 Å². The zero-order valence-corrected chi connectivity index (χ0v) is 11.8. The molecule has 2 rings (SSSR count). The number of thiophene rings is 1. The predicted molar refractivity (Wildman–Crippen MR) is 74.3 cm³/mol. The number of nitrogens with zero attached hydrogens (tertiary/aromatic N) is 2. The van der Waals surface area contributed by atoms with Gasteiger partial charge in [-0.2, -0.15) is 11.3 Å². The third kappa shape index (κ3) is 2.55. The van der Waals surface area contributed by atoms with Crippen LogP contribution >= 0.6 is 11.3 Å². The van der Waals surface area contributed by atoms with Gasteiger partial charge in [0.25, 0.3) is 0 Å². The minimum absolute atomic E-state index is 0.149. The summed E-state index contributed by atoms with van der Waals surface area (Å²) in [6.07, 6.45) is 1.17. The first kappa shape index (κ1) is 13.0. The van der Waals surface area contributed by atoms with E-state index in [-0.39, 0.29) is 5.54 Å². The number of rotatable bonds is 4. The lowest BCUT2D eigenvalue weighted by Crippen LogP contribution is -2.53. The molecule has 2 heterocycles. The van der Waals surface area contributed by atoms with Gasteiger partial charge in [0.2, 0.25) is 0 Å². The number of likely N-dealkylation sites (tertiary alicyclic amines) is 1. The van der Waals surface area contributed by atoms with Crippen LogP contribution in [0.2, 0.25) is 0 Å². The van der Waals surface area contributed by atoms with Crippen LogP contribution in [0.5, 0.6) is 0 Å². The number of likely N-dealkylation sites (N-methyl/N-ethyl adjacent to an activating group) is 2. The molecule has 1 aliphatic rings. The topological polar surface area (TPSA) is 32.5 Å². The molecule has 0 bridgehead atoms. The number of hydrogen-bond donors (Lipinski definition) is 1. The van der Waals surface area contributed by atoms with Crippen molar-refractivity contribution in [3.63, 3.8) is 0 Å². The monoisotopic (exact) mass is 253 g/mol. The maximum atomic E-state index is 6.06. The average molecular weight is 253 g/mol. The Bertz CT molecular complexity index is 340. The van der Waals surface area contributed by atoms with Gasteiger partial charge in [-0.25, -0.2) is 0 Å². The SMILES string of the molecule is CC1CC(CN)(N(C)Cc2ccsc2)CN1C. The van der Waals surface area contributed by atoms with Gasteiger partial charge in [-0.3, -0.25) is 4.90 Å². The highest BCUT2D eigenvalue weighted by Crippen LogP contribution is 2.31. The van der Waals surface area contributed by atoms with Gasteiger partial charge in [0, 0.05) is 31.2 Å². The second-order valence-electron chi connectivity index (χ2n) is 5.38. The van der Waals surface area contributed by atoms with Crippen molar-refractivity contribution in [3.8, 4) is 0 Å². The molecule has 3 nitrogen and oxygen atoms in total. The number of nitrogens with two attached hydrogens (primary N) is 1. The molecule has 1 aromatic rings. The molecule has 4 heteroatoms. The molecule has 96 valence electrons. The van der Waals surface area contributed by atoms with E-state index in [2.05, 4.69) is 47.6 Å². The van der Waals surface area contributed by atoms with Gasteiger partial charge < -0.3 is 10.6 Å². The van der Waals surface area contributed by atoms with Crippen molar-refractivity contribution in [3.05, 3.63) is 22.4 Å². The molecule has 0 aliphatic carbocycles. The zero-order chi connectivity index (χ0) is 12.5. The molecule has 0 saturated carbocycles. The lowest BCUT2D eigenvalue weighted by atomic mass is 9.94. The minimum atomic E-state index is 0.149. The van der Waals surface area contributed by atoms with Gasteiger partial charge >= 0.3 is 0 Å².